The molecule has 0 amide bonds. The van der Waals surface area contributed by atoms with Crippen molar-refractivity contribution in [1.29, 1.82) is 0 Å². The summed E-state index contributed by atoms with van der Waals surface area (Å²) in [6.07, 6.45) is 0. The zero-order valence-corrected chi connectivity index (χ0v) is 12.0. The maximum atomic E-state index is 5.97. The number of aromatic nitrogens is 4. The fraction of sp³-hybridized carbons (Fsp3) is 0.308. The summed E-state index contributed by atoms with van der Waals surface area (Å²) in [6, 6.07) is 3.60. The third kappa shape index (κ3) is 2.24. The maximum Gasteiger partial charge on any atom is 0.246 e. The molecule has 3 rings (SSSR count). The Kier molecular flexibility index (Phi) is 3.13. The van der Waals surface area contributed by atoms with Crippen LogP contribution in [0.25, 0.3) is 11.0 Å². The zero-order valence-electron chi connectivity index (χ0n) is 12.0. The van der Waals surface area contributed by atoms with Gasteiger partial charge in [-0.1, -0.05) is 5.16 Å². The number of methoxy groups -OCH3 is 2. The summed E-state index contributed by atoms with van der Waals surface area (Å²) in [5.74, 6) is 2.60. The van der Waals surface area contributed by atoms with Crippen LogP contribution >= 0.6 is 0 Å². The standard InChI is InChI=1S/C13H15N5O3/c1-7-15-12(21-17-7)6-18-9-5-11(20-3)10(19-2)4-8(9)16-13(18)14/h4-5H,6H2,1-3H3,(H2,14,16). The Labute approximate surface area is 120 Å². The Morgan fingerprint density at radius 3 is 2.52 bits per heavy atom. The van der Waals surface area contributed by atoms with E-state index in [2.05, 4.69) is 15.1 Å². The molecule has 8 nitrogen and oxygen atoms in total. The Hall–Kier alpha value is -2.77. The van der Waals surface area contributed by atoms with Crippen LogP contribution in [-0.4, -0.2) is 33.9 Å². The van der Waals surface area contributed by atoms with Crippen molar-refractivity contribution in [1.82, 2.24) is 19.7 Å². The van der Waals surface area contributed by atoms with Crippen molar-refractivity contribution in [2.45, 2.75) is 13.5 Å². The number of nitrogen functional groups attached to an aromatic ring is 1. The molecule has 0 saturated heterocycles. The maximum absolute atomic E-state index is 5.97. The number of hydrogen-bond acceptors (Lipinski definition) is 7. The van der Waals surface area contributed by atoms with Gasteiger partial charge in [-0.2, -0.15) is 4.98 Å². The molecule has 1 aromatic carbocycles. The third-order valence-corrected chi connectivity index (χ3v) is 3.15. The lowest BCUT2D eigenvalue weighted by atomic mass is 10.2. The minimum Gasteiger partial charge on any atom is -0.493 e. The van der Waals surface area contributed by atoms with E-state index in [-0.39, 0.29) is 0 Å². The summed E-state index contributed by atoms with van der Waals surface area (Å²) >= 11 is 0. The molecule has 2 N–H and O–H groups in total. The number of benzene rings is 1. The van der Waals surface area contributed by atoms with E-state index in [1.165, 1.54) is 0 Å². The molecule has 2 aromatic heterocycles. The number of ether oxygens (including phenoxy) is 2. The summed E-state index contributed by atoms with van der Waals surface area (Å²) in [5, 5.41) is 3.76. The summed E-state index contributed by atoms with van der Waals surface area (Å²) < 4.78 is 17.5. The topological polar surface area (TPSA) is 101 Å². The van der Waals surface area contributed by atoms with Crippen LogP contribution in [0.1, 0.15) is 11.7 Å². The Morgan fingerprint density at radius 1 is 1.19 bits per heavy atom. The van der Waals surface area contributed by atoms with E-state index in [9.17, 15) is 0 Å². The molecule has 0 aliphatic carbocycles. The molecule has 0 unspecified atom stereocenters. The van der Waals surface area contributed by atoms with E-state index in [1.54, 1.807) is 31.8 Å². The number of imidazole rings is 1. The second kappa shape index (κ2) is 4.97. The van der Waals surface area contributed by atoms with Gasteiger partial charge in [-0.15, -0.1) is 0 Å². The van der Waals surface area contributed by atoms with Crippen molar-refractivity contribution < 1.29 is 14.0 Å². The van der Waals surface area contributed by atoms with Gasteiger partial charge >= 0.3 is 0 Å². The van der Waals surface area contributed by atoms with Gasteiger partial charge < -0.3 is 24.3 Å². The van der Waals surface area contributed by atoms with E-state index in [4.69, 9.17) is 19.7 Å². The normalized spacial score (nSPS) is 11.0. The van der Waals surface area contributed by atoms with E-state index >= 15 is 0 Å². The van der Waals surface area contributed by atoms with Crippen molar-refractivity contribution in [3.05, 3.63) is 23.8 Å². The molecular formula is C13H15N5O3. The molecule has 0 atom stereocenters. The molecule has 0 fully saturated rings. The lowest BCUT2D eigenvalue weighted by Crippen LogP contribution is -2.05. The van der Waals surface area contributed by atoms with Crippen molar-refractivity contribution in [3.8, 4) is 11.5 Å². The number of hydrogen-bond donors (Lipinski definition) is 1. The van der Waals surface area contributed by atoms with Crippen molar-refractivity contribution in [2.75, 3.05) is 20.0 Å². The van der Waals surface area contributed by atoms with Crippen LogP contribution in [0.2, 0.25) is 0 Å². The van der Waals surface area contributed by atoms with Gasteiger partial charge in [0.2, 0.25) is 11.8 Å². The average Bonchev–Trinajstić information content (AvgIpc) is 3.02. The number of nitrogens with zero attached hydrogens (tertiary/aromatic N) is 4. The molecule has 110 valence electrons. The highest BCUT2D eigenvalue weighted by Gasteiger charge is 2.15. The second-order valence-corrected chi connectivity index (χ2v) is 4.49. The largest absolute Gasteiger partial charge is 0.493 e. The molecule has 0 aliphatic heterocycles. The molecule has 8 heteroatoms. The van der Waals surface area contributed by atoms with Gasteiger partial charge in [-0.05, 0) is 6.92 Å². The van der Waals surface area contributed by atoms with Crippen LogP contribution in [0.3, 0.4) is 0 Å². The monoisotopic (exact) mass is 289 g/mol. The molecule has 3 aromatic rings. The zero-order chi connectivity index (χ0) is 15.0. The van der Waals surface area contributed by atoms with Gasteiger partial charge in [0.15, 0.2) is 17.3 Å². The van der Waals surface area contributed by atoms with Gasteiger partial charge in [0, 0.05) is 12.1 Å². The fourth-order valence-electron chi connectivity index (χ4n) is 2.18. The number of nitrogens with two attached hydrogens (primary N) is 1. The Bertz CT molecular complexity index is 793. The molecule has 2 heterocycles. The quantitative estimate of drug-likeness (QED) is 0.774. The molecule has 21 heavy (non-hydrogen) atoms. The third-order valence-electron chi connectivity index (χ3n) is 3.15. The number of anilines is 1. The van der Waals surface area contributed by atoms with Crippen LogP contribution in [0.4, 0.5) is 5.95 Å². The first kappa shape index (κ1) is 13.2. The second-order valence-electron chi connectivity index (χ2n) is 4.49. The first-order valence-electron chi connectivity index (χ1n) is 6.29. The van der Waals surface area contributed by atoms with Crippen molar-refractivity contribution in [2.24, 2.45) is 0 Å². The fourth-order valence-corrected chi connectivity index (χ4v) is 2.18. The molecule has 0 radical (unpaired) electrons. The predicted octanol–water partition coefficient (Wildman–Crippen LogP) is 1.38. The van der Waals surface area contributed by atoms with Crippen LogP contribution in [0, 0.1) is 6.92 Å². The van der Waals surface area contributed by atoms with E-state index in [0.29, 0.717) is 41.2 Å². The molecule has 0 spiro atoms. The summed E-state index contributed by atoms with van der Waals surface area (Å²) in [4.78, 5) is 8.49. The van der Waals surface area contributed by atoms with Crippen LogP contribution in [0.5, 0.6) is 11.5 Å². The van der Waals surface area contributed by atoms with Crippen LogP contribution in [-0.2, 0) is 6.54 Å². The minimum absolute atomic E-state index is 0.346. The first-order chi connectivity index (χ1) is 10.1. The summed E-state index contributed by atoms with van der Waals surface area (Å²) in [5.41, 5.74) is 7.49. The van der Waals surface area contributed by atoms with Gasteiger partial charge in [0.1, 0.15) is 6.54 Å². The van der Waals surface area contributed by atoms with E-state index < -0.39 is 0 Å². The van der Waals surface area contributed by atoms with Crippen LogP contribution < -0.4 is 15.2 Å². The minimum atomic E-state index is 0.346. The summed E-state index contributed by atoms with van der Waals surface area (Å²) in [7, 11) is 3.15. The average molecular weight is 289 g/mol. The molecular weight excluding hydrogens is 274 g/mol. The Morgan fingerprint density at radius 2 is 1.90 bits per heavy atom. The predicted molar refractivity (Wildman–Crippen MR) is 75.4 cm³/mol. The highest BCUT2D eigenvalue weighted by Crippen LogP contribution is 2.33. The van der Waals surface area contributed by atoms with Crippen molar-refractivity contribution >= 4 is 17.0 Å². The van der Waals surface area contributed by atoms with Gasteiger partial charge in [-0.3, -0.25) is 0 Å². The highest BCUT2D eigenvalue weighted by atomic mass is 16.5. The van der Waals surface area contributed by atoms with E-state index in [0.717, 1.165) is 5.52 Å². The van der Waals surface area contributed by atoms with Gasteiger partial charge in [-0.25, -0.2) is 4.98 Å². The van der Waals surface area contributed by atoms with Crippen molar-refractivity contribution in [3.63, 3.8) is 0 Å². The smallest absolute Gasteiger partial charge is 0.246 e. The number of rotatable bonds is 4. The number of aryl methyl sites for hydroxylation is 1. The highest BCUT2D eigenvalue weighted by molar-refractivity contribution is 5.82. The molecule has 0 bridgehead atoms. The number of fused-ring (bicyclic) bond motifs is 1. The Balaban J connectivity index is 2.11. The molecule has 0 aliphatic rings. The first-order valence-corrected chi connectivity index (χ1v) is 6.29. The SMILES string of the molecule is COc1cc2nc(N)n(Cc3nc(C)no3)c2cc1OC. The van der Waals surface area contributed by atoms with Gasteiger partial charge in [0.05, 0.1) is 25.3 Å². The lowest BCUT2D eigenvalue weighted by Gasteiger charge is -2.08. The van der Waals surface area contributed by atoms with Crippen LogP contribution in [0.15, 0.2) is 16.7 Å². The lowest BCUT2D eigenvalue weighted by molar-refractivity contribution is 0.355. The van der Waals surface area contributed by atoms with E-state index in [1.807, 2.05) is 6.07 Å². The molecule has 0 saturated carbocycles. The van der Waals surface area contributed by atoms with Gasteiger partial charge in [0.25, 0.3) is 0 Å². The summed E-state index contributed by atoms with van der Waals surface area (Å²) in [6.45, 7) is 2.11.